The summed E-state index contributed by atoms with van der Waals surface area (Å²) in [4.78, 5) is 25.2. The van der Waals surface area contributed by atoms with Crippen LogP contribution in [0.3, 0.4) is 0 Å². The Hall–Kier alpha value is -1.43. The second-order valence-electron chi connectivity index (χ2n) is 2.48. The van der Waals surface area contributed by atoms with Gasteiger partial charge in [-0.3, -0.25) is 25.2 Å². The summed E-state index contributed by atoms with van der Waals surface area (Å²) >= 11 is 0. The molecule has 1 aliphatic heterocycles. The first kappa shape index (κ1) is 9.66. The summed E-state index contributed by atoms with van der Waals surface area (Å²) in [7, 11) is 1.60. The normalized spacial score (nSPS) is 15.6. The lowest BCUT2D eigenvalue weighted by Crippen LogP contribution is -2.25. The van der Waals surface area contributed by atoms with Crippen LogP contribution in [0.1, 0.15) is 6.42 Å². The Kier molecular flexibility index (Phi) is 3.39. The Balaban J connectivity index is 2.29. The van der Waals surface area contributed by atoms with E-state index < -0.39 is 11.8 Å². The number of nitrogens with one attached hydrogen (secondary N) is 2. The van der Waals surface area contributed by atoms with Crippen LogP contribution in [-0.2, 0) is 14.3 Å². The Morgan fingerprint density at radius 3 is 2.46 bits per heavy atom. The van der Waals surface area contributed by atoms with Crippen molar-refractivity contribution in [3.8, 4) is 0 Å². The number of methoxy groups -OCH3 is 1. The van der Waals surface area contributed by atoms with Crippen LogP contribution in [0.5, 0.6) is 0 Å². The molecule has 1 fully saturated rings. The van der Waals surface area contributed by atoms with Gasteiger partial charge in [0.1, 0.15) is 0 Å². The van der Waals surface area contributed by atoms with E-state index in [0.29, 0.717) is 13.2 Å². The first-order valence-electron chi connectivity index (χ1n) is 3.90. The third kappa shape index (κ3) is 2.83. The molecule has 0 unspecified atom stereocenters. The second kappa shape index (κ2) is 4.56. The highest BCUT2D eigenvalue weighted by atomic mass is 16.5. The van der Waals surface area contributed by atoms with Crippen LogP contribution in [0.25, 0.3) is 0 Å². The predicted octanol–water partition coefficient (Wildman–Crippen LogP) is -1.38. The molecular weight excluding hydrogens is 174 g/mol. The van der Waals surface area contributed by atoms with Gasteiger partial charge in [-0.05, 0) is 6.42 Å². The predicted molar refractivity (Wildman–Crippen MR) is 45.1 cm³/mol. The number of hydrogen-bond donors (Lipinski definition) is 2. The van der Waals surface area contributed by atoms with Crippen molar-refractivity contribution in [1.82, 2.24) is 10.6 Å². The average molecular weight is 185 g/mol. The topological polar surface area (TPSA) is 79.8 Å². The number of carbonyl (C=O) groups excluding carboxylic acids is 2. The summed E-state index contributed by atoms with van der Waals surface area (Å²) in [5, 5.41) is 4.58. The summed E-state index contributed by atoms with van der Waals surface area (Å²) < 4.78 is 4.80. The Morgan fingerprint density at radius 1 is 1.31 bits per heavy atom. The van der Waals surface area contributed by atoms with E-state index in [1.807, 2.05) is 0 Å². The van der Waals surface area contributed by atoms with Crippen molar-refractivity contribution in [2.24, 2.45) is 4.99 Å². The molecular formula is C7H11N3O3. The quantitative estimate of drug-likeness (QED) is 0.418. The number of carbonyl (C=O) groups is 2. The van der Waals surface area contributed by atoms with E-state index in [9.17, 15) is 9.59 Å². The van der Waals surface area contributed by atoms with E-state index in [2.05, 4.69) is 15.6 Å². The molecule has 0 atom stereocenters. The zero-order chi connectivity index (χ0) is 9.68. The maximum atomic E-state index is 10.6. The van der Waals surface area contributed by atoms with Crippen LogP contribution in [0.4, 0.5) is 0 Å². The zero-order valence-corrected chi connectivity index (χ0v) is 7.29. The maximum Gasteiger partial charge on any atom is 0.316 e. The van der Waals surface area contributed by atoms with Crippen molar-refractivity contribution in [3.63, 3.8) is 0 Å². The fourth-order valence-corrected chi connectivity index (χ4v) is 0.839. The molecule has 0 bridgehead atoms. The fraction of sp³-hybridized carbons (Fsp3) is 0.571. The number of nitrogens with zero attached hydrogens (tertiary/aromatic N) is 1. The van der Waals surface area contributed by atoms with Crippen LogP contribution in [0.2, 0.25) is 0 Å². The van der Waals surface area contributed by atoms with E-state index in [-0.39, 0.29) is 5.96 Å². The number of hydrogen-bond acceptors (Lipinski definition) is 4. The van der Waals surface area contributed by atoms with Crippen LogP contribution in [-0.4, -0.2) is 38.0 Å². The minimum absolute atomic E-state index is 0.228. The first-order valence-corrected chi connectivity index (χ1v) is 3.90. The average Bonchev–Trinajstić information content (AvgIpc) is 2.41. The van der Waals surface area contributed by atoms with Crippen molar-refractivity contribution in [3.05, 3.63) is 0 Å². The molecule has 0 aromatic rings. The highest BCUT2D eigenvalue weighted by Gasteiger charge is 2.24. The minimum atomic E-state index is -0.662. The molecule has 1 aliphatic rings. The van der Waals surface area contributed by atoms with Gasteiger partial charge in [0.15, 0.2) is 0 Å². The lowest BCUT2D eigenvalue weighted by atomic mass is 10.5. The van der Waals surface area contributed by atoms with Crippen molar-refractivity contribution >= 4 is 17.8 Å². The Morgan fingerprint density at radius 2 is 1.92 bits per heavy atom. The molecule has 1 rings (SSSR count). The fourth-order valence-electron chi connectivity index (χ4n) is 0.839. The Labute approximate surface area is 75.4 Å². The number of rotatable bonds is 4. The SMILES string of the molecule is COCCCN=C1NC(=O)C(=O)N1. The molecule has 6 nitrogen and oxygen atoms in total. The molecule has 0 aromatic heterocycles. The molecule has 72 valence electrons. The van der Waals surface area contributed by atoms with Gasteiger partial charge in [-0.1, -0.05) is 0 Å². The van der Waals surface area contributed by atoms with Crippen molar-refractivity contribution in [2.75, 3.05) is 20.3 Å². The van der Waals surface area contributed by atoms with E-state index in [1.54, 1.807) is 7.11 Å². The molecule has 0 spiro atoms. The van der Waals surface area contributed by atoms with Gasteiger partial charge < -0.3 is 4.74 Å². The third-order valence-electron chi connectivity index (χ3n) is 1.45. The van der Waals surface area contributed by atoms with Gasteiger partial charge in [0.25, 0.3) is 0 Å². The third-order valence-corrected chi connectivity index (χ3v) is 1.45. The molecule has 2 amide bonds. The zero-order valence-electron chi connectivity index (χ0n) is 7.29. The van der Waals surface area contributed by atoms with E-state index in [4.69, 9.17) is 4.74 Å². The summed E-state index contributed by atoms with van der Waals surface area (Å²) in [6, 6.07) is 0. The highest BCUT2D eigenvalue weighted by Crippen LogP contribution is 1.86. The van der Waals surface area contributed by atoms with E-state index in [1.165, 1.54) is 0 Å². The van der Waals surface area contributed by atoms with Crippen LogP contribution in [0.15, 0.2) is 4.99 Å². The smallest absolute Gasteiger partial charge is 0.316 e. The maximum absolute atomic E-state index is 10.6. The molecule has 0 radical (unpaired) electrons. The lowest BCUT2D eigenvalue weighted by Gasteiger charge is -1.96. The van der Waals surface area contributed by atoms with Gasteiger partial charge in [0.2, 0.25) is 5.96 Å². The van der Waals surface area contributed by atoms with Crippen LogP contribution < -0.4 is 10.6 Å². The minimum Gasteiger partial charge on any atom is -0.385 e. The molecule has 0 aliphatic carbocycles. The molecule has 0 saturated carbocycles. The Bertz CT molecular complexity index is 231. The molecule has 6 heteroatoms. The van der Waals surface area contributed by atoms with E-state index >= 15 is 0 Å². The van der Waals surface area contributed by atoms with Crippen molar-refractivity contribution in [2.45, 2.75) is 6.42 Å². The van der Waals surface area contributed by atoms with Gasteiger partial charge in [0.05, 0.1) is 0 Å². The van der Waals surface area contributed by atoms with Gasteiger partial charge in [0, 0.05) is 20.3 Å². The highest BCUT2D eigenvalue weighted by molar-refractivity contribution is 6.45. The van der Waals surface area contributed by atoms with Gasteiger partial charge in [-0.15, -0.1) is 0 Å². The molecule has 1 heterocycles. The largest absolute Gasteiger partial charge is 0.385 e. The number of ether oxygens (including phenoxy) is 1. The molecule has 0 aromatic carbocycles. The van der Waals surface area contributed by atoms with Gasteiger partial charge >= 0.3 is 11.8 Å². The standard InChI is InChI=1S/C7H11N3O3/c1-13-4-2-3-8-7-9-5(11)6(12)10-7/h2-4H2,1H3,(H2,8,9,10,11,12). The van der Waals surface area contributed by atoms with Crippen molar-refractivity contribution in [1.29, 1.82) is 0 Å². The molecule has 13 heavy (non-hydrogen) atoms. The van der Waals surface area contributed by atoms with Gasteiger partial charge in [-0.25, -0.2) is 0 Å². The summed E-state index contributed by atoms with van der Waals surface area (Å²) in [5.74, 6) is -1.10. The van der Waals surface area contributed by atoms with Crippen molar-refractivity contribution < 1.29 is 14.3 Å². The summed E-state index contributed by atoms with van der Waals surface area (Å²) in [6.45, 7) is 1.13. The van der Waals surface area contributed by atoms with Crippen LogP contribution >= 0.6 is 0 Å². The van der Waals surface area contributed by atoms with Gasteiger partial charge in [-0.2, -0.15) is 0 Å². The second-order valence-corrected chi connectivity index (χ2v) is 2.48. The number of guanidine groups is 1. The lowest BCUT2D eigenvalue weighted by molar-refractivity contribution is -0.135. The van der Waals surface area contributed by atoms with E-state index in [0.717, 1.165) is 6.42 Å². The number of amides is 2. The summed E-state index contributed by atoms with van der Waals surface area (Å²) in [6.07, 6.45) is 0.756. The molecule has 2 N–H and O–H groups in total. The van der Waals surface area contributed by atoms with Crippen LogP contribution in [0, 0.1) is 0 Å². The molecule has 1 saturated heterocycles. The number of aliphatic imine (C=N–C) groups is 1. The monoisotopic (exact) mass is 185 g/mol. The summed E-state index contributed by atoms with van der Waals surface area (Å²) in [5.41, 5.74) is 0. The first-order chi connectivity index (χ1) is 6.24.